The number of thiophene rings is 1. The van der Waals surface area contributed by atoms with Crippen LogP contribution < -0.4 is 5.73 Å². The number of nitrogens with zero attached hydrogens (tertiary/aromatic N) is 2. The van der Waals surface area contributed by atoms with Crippen LogP contribution in [0.3, 0.4) is 0 Å². The Morgan fingerprint density at radius 2 is 2.06 bits per heavy atom. The lowest BCUT2D eigenvalue weighted by molar-refractivity contribution is 0.149. The van der Waals surface area contributed by atoms with Crippen LogP contribution in [0.2, 0.25) is 0 Å². The van der Waals surface area contributed by atoms with Crippen molar-refractivity contribution in [3.63, 3.8) is 0 Å². The van der Waals surface area contributed by atoms with Gasteiger partial charge in [-0.25, -0.2) is 0 Å². The zero-order valence-electron chi connectivity index (χ0n) is 10.3. The first-order valence-electron chi connectivity index (χ1n) is 5.96. The van der Waals surface area contributed by atoms with Gasteiger partial charge in [0.2, 0.25) is 0 Å². The summed E-state index contributed by atoms with van der Waals surface area (Å²) >= 11 is 1.78. The van der Waals surface area contributed by atoms with E-state index >= 15 is 0 Å². The quantitative estimate of drug-likeness (QED) is 0.787. The molecule has 92 valence electrons. The number of rotatable bonds is 2. The molecule has 0 radical (unpaired) electrons. The first-order chi connectivity index (χ1) is 8.28. The van der Waals surface area contributed by atoms with Crippen LogP contribution in [-0.4, -0.2) is 49.6 Å². The second kappa shape index (κ2) is 6.18. The summed E-state index contributed by atoms with van der Waals surface area (Å²) in [4.78, 5) is 7.41. The van der Waals surface area contributed by atoms with Gasteiger partial charge in [-0.3, -0.25) is 4.90 Å². The molecule has 2 N–H and O–H groups in total. The summed E-state index contributed by atoms with van der Waals surface area (Å²) in [6.45, 7) is 6.17. The van der Waals surface area contributed by atoms with Crippen molar-refractivity contribution in [1.82, 2.24) is 9.80 Å². The Hall–Kier alpha value is -0.860. The van der Waals surface area contributed by atoms with Crippen LogP contribution in [0.5, 0.6) is 0 Å². The molecule has 0 aliphatic carbocycles. The van der Waals surface area contributed by atoms with E-state index in [1.54, 1.807) is 11.3 Å². The molecule has 0 amide bonds. The molecule has 3 nitrogen and oxygen atoms in total. The van der Waals surface area contributed by atoms with E-state index in [1.807, 2.05) is 0 Å². The lowest BCUT2D eigenvalue weighted by atomic mass is 10.3. The van der Waals surface area contributed by atoms with Gasteiger partial charge >= 0.3 is 0 Å². The van der Waals surface area contributed by atoms with Crippen molar-refractivity contribution in [2.24, 2.45) is 5.73 Å². The van der Waals surface area contributed by atoms with E-state index < -0.39 is 0 Å². The van der Waals surface area contributed by atoms with Crippen molar-refractivity contribution in [3.05, 3.63) is 21.9 Å². The second-order valence-electron chi connectivity index (χ2n) is 4.35. The van der Waals surface area contributed by atoms with Crippen LogP contribution >= 0.6 is 11.3 Å². The maximum Gasteiger partial charge on any atom is 0.0772 e. The van der Waals surface area contributed by atoms with Gasteiger partial charge in [0.25, 0.3) is 0 Å². The molecule has 17 heavy (non-hydrogen) atoms. The van der Waals surface area contributed by atoms with Gasteiger partial charge in [-0.2, -0.15) is 0 Å². The molecule has 1 aliphatic heterocycles. The second-order valence-corrected chi connectivity index (χ2v) is 5.52. The molecule has 1 aliphatic rings. The molecule has 4 heteroatoms. The number of piperazine rings is 1. The molecule has 0 atom stereocenters. The summed E-state index contributed by atoms with van der Waals surface area (Å²) in [5.74, 6) is 5.98. The third kappa shape index (κ3) is 3.83. The van der Waals surface area contributed by atoms with Gasteiger partial charge in [0.1, 0.15) is 0 Å². The molecule has 0 unspecified atom stereocenters. The van der Waals surface area contributed by atoms with Crippen molar-refractivity contribution in [3.8, 4) is 11.8 Å². The Morgan fingerprint density at radius 1 is 1.29 bits per heavy atom. The van der Waals surface area contributed by atoms with Crippen LogP contribution in [0.25, 0.3) is 0 Å². The van der Waals surface area contributed by atoms with E-state index in [9.17, 15) is 0 Å². The molecule has 1 aromatic heterocycles. The summed E-state index contributed by atoms with van der Waals surface area (Å²) in [6, 6.07) is 4.28. The maximum absolute atomic E-state index is 5.36. The van der Waals surface area contributed by atoms with Gasteiger partial charge in [-0.1, -0.05) is 11.8 Å². The molecule has 0 saturated carbocycles. The minimum absolute atomic E-state index is 0.436. The molecule has 0 bridgehead atoms. The smallest absolute Gasteiger partial charge is 0.0772 e. The maximum atomic E-state index is 5.36. The van der Waals surface area contributed by atoms with Crippen molar-refractivity contribution in [2.45, 2.75) is 6.54 Å². The highest BCUT2D eigenvalue weighted by Crippen LogP contribution is 2.18. The molecule has 1 fully saturated rings. The Morgan fingerprint density at radius 3 is 2.76 bits per heavy atom. The minimum atomic E-state index is 0.436. The van der Waals surface area contributed by atoms with Gasteiger partial charge in [-0.05, 0) is 19.2 Å². The Labute approximate surface area is 107 Å². The Bertz CT molecular complexity index is 408. The molecule has 0 aromatic carbocycles. The number of nitrogens with two attached hydrogens (primary N) is 1. The zero-order valence-corrected chi connectivity index (χ0v) is 11.1. The van der Waals surface area contributed by atoms with Crippen LogP contribution in [0.15, 0.2) is 12.1 Å². The summed E-state index contributed by atoms with van der Waals surface area (Å²) in [7, 11) is 2.18. The molecular weight excluding hydrogens is 230 g/mol. The molecule has 2 rings (SSSR count). The SMILES string of the molecule is CN1CCN(Cc2ccc(C#CCN)s2)CC1. The van der Waals surface area contributed by atoms with Crippen molar-refractivity contribution < 1.29 is 0 Å². The van der Waals surface area contributed by atoms with Crippen LogP contribution in [0, 0.1) is 11.8 Å². The molecular formula is C13H19N3S. The van der Waals surface area contributed by atoms with Crippen LogP contribution in [0.1, 0.15) is 9.75 Å². The van der Waals surface area contributed by atoms with Crippen molar-refractivity contribution >= 4 is 11.3 Å². The van der Waals surface area contributed by atoms with Crippen molar-refractivity contribution in [2.75, 3.05) is 39.8 Å². The fourth-order valence-electron chi connectivity index (χ4n) is 1.89. The third-order valence-corrected chi connectivity index (χ3v) is 3.94. The predicted octanol–water partition coefficient (Wildman–Crippen LogP) is 0.806. The normalized spacial score (nSPS) is 17.8. The van der Waals surface area contributed by atoms with Gasteiger partial charge in [0.15, 0.2) is 0 Å². The first-order valence-corrected chi connectivity index (χ1v) is 6.78. The topological polar surface area (TPSA) is 32.5 Å². The third-order valence-electron chi connectivity index (χ3n) is 2.95. The van der Waals surface area contributed by atoms with E-state index in [0.717, 1.165) is 24.5 Å². The highest BCUT2D eigenvalue weighted by Gasteiger charge is 2.14. The van der Waals surface area contributed by atoms with Crippen molar-refractivity contribution in [1.29, 1.82) is 0 Å². The number of hydrogen-bond donors (Lipinski definition) is 1. The highest BCUT2D eigenvalue weighted by molar-refractivity contribution is 7.12. The fraction of sp³-hybridized carbons (Fsp3) is 0.538. The average Bonchev–Trinajstić information content (AvgIpc) is 2.77. The highest BCUT2D eigenvalue weighted by atomic mass is 32.1. The monoisotopic (exact) mass is 249 g/mol. The predicted molar refractivity (Wildman–Crippen MR) is 73.0 cm³/mol. The van der Waals surface area contributed by atoms with E-state index in [2.05, 4.69) is 40.8 Å². The molecule has 1 saturated heterocycles. The fourth-order valence-corrected chi connectivity index (χ4v) is 2.82. The van der Waals surface area contributed by atoms with Crippen LogP contribution in [-0.2, 0) is 6.54 Å². The zero-order chi connectivity index (χ0) is 12.1. The molecule has 2 heterocycles. The van der Waals surface area contributed by atoms with Crippen LogP contribution in [0.4, 0.5) is 0 Å². The van der Waals surface area contributed by atoms with Gasteiger partial charge in [-0.15, -0.1) is 11.3 Å². The Balaban J connectivity index is 1.88. The summed E-state index contributed by atoms with van der Waals surface area (Å²) in [5.41, 5.74) is 5.36. The van der Waals surface area contributed by atoms with Gasteiger partial charge in [0.05, 0.1) is 11.4 Å². The first kappa shape index (κ1) is 12.6. The lowest BCUT2D eigenvalue weighted by Crippen LogP contribution is -2.43. The summed E-state index contributed by atoms with van der Waals surface area (Å²) in [6.07, 6.45) is 0. The van der Waals surface area contributed by atoms with E-state index in [-0.39, 0.29) is 0 Å². The van der Waals surface area contributed by atoms with Gasteiger partial charge < -0.3 is 10.6 Å². The summed E-state index contributed by atoms with van der Waals surface area (Å²) < 4.78 is 0. The van der Waals surface area contributed by atoms with Gasteiger partial charge in [0, 0.05) is 37.6 Å². The largest absolute Gasteiger partial charge is 0.320 e. The molecule has 0 spiro atoms. The summed E-state index contributed by atoms with van der Waals surface area (Å²) in [5, 5.41) is 0. The lowest BCUT2D eigenvalue weighted by Gasteiger charge is -2.31. The standard InChI is InChI=1S/C13H19N3S/c1-15-7-9-16(10-8-15)11-13-5-4-12(17-13)3-2-6-14/h4-5H,6-11,14H2,1H3. The molecule has 1 aromatic rings. The number of likely N-dealkylation sites (N-methyl/N-ethyl adjacent to an activating group) is 1. The van der Waals surface area contributed by atoms with E-state index in [4.69, 9.17) is 5.73 Å². The number of hydrogen-bond acceptors (Lipinski definition) is 4. The van der Waals surface area contributed by atoms with E-state index in [1.165, 1.54) is 18.0 Å². The van der Waals surface area contributed by atoms with E-state index in [0.29, 0.717) is 6.54 Å². The minimum Gasteiger partial charge on any atom is -0.320 e. The average molecular weight is 249 g/mol. The Kier molecular flexibility index (Phi) is 4.57.